The molecule has 1 N–H and O–H groups in total. The van der Waals surface area contributed by atoms with E-state index in [1.54, 1.807) is 4.68 Å². The lowest BCUT2D eigenvalue weighted by Crippen LogP contribution is -2.05. The molecule has 2 rings (SSSR count). The van der Waals surface area contributed by atoms with Crippen molar-refractivity contribution in [2.45, 2.75) is 26.3 Å². The van der Waals surface area contributed by atoms with Crippen molar-refractivity contribution < 1.29 is 9.90 Å². The minimum absolute atomic E-state index is 0.108. The highest BCUT2D eigenvalue weighted by Crippen LogP contribution is 2.23. The Balaban J connectivity index is 2.18. The molecule has 0 aliphatic heterocycles. The number of benzene rings is 1. The molecule has 100 valence electrons. The molecule has 0 saturated carbocycles. The van der Waals surface area contributed by atoms with Crippen LogP contribution in [0.3, 0.4) is 0 Å². The quantitative estimate of drug-likeness (QED) is 0.912. The molecule has 0 saturated heterocycles. The normalized spacial score (nSPS) is 10.6. The topological polar surface area (TPSA) is 80.9 Å². The number of aliphatic carboxylic acids is 1. The molecule has 0 spiro atoms. The monoisotopic (exact) mass is 324 g/mol. The molecule has 0 atom stereocenters. The molecule has 1 aromatic heterocycles. The van der Waals surface area contributed by atoms with Gasteiger partial charge in [-0.2, -0.15) is 0 Å². The molecular formula is C12H13BrN4O2. The fourth-order valence-electron chi connectivity index (χ4n) is 1.67. The minimum atomic E-state index is -0.812. The Labute approximate surface area is 118 Å². The van der Waals surface area contributed by atoms with Crippen LogP contribution < -0.4 is 0 Å². The van der Waals surface area contributed by atoms with E-state index in [0.717, 1.165) is 15.6 Å². The molecule has 19 heavy (non-hydrogen) atoms. The Morgan fingerprint density at radius 1 is 1.47 bits per heavy atom. The summed E-state index contributed by atoms with van der Waals surface area (Å²) in [6, 6.07) is 5.88. The summed E-state index contributed by atoms with van der Waals surface area (Å²) in [5, 5.41) is 20.2. The second-order valence-electron chi connectivity index (χ2n) is 4.19. The van der Waals surface area contributed by atoms with Crippen LogP contribution in [-0.4, -0.2) is 31.3 Å². The standard InChI is InChI=1S/C12H13BrN4O2/c1-8-4-5-9(7-10(8)13)12-14-15-16-17(12)6-2-3-11(18)19/h4-5,7H,2-3,6H2,1H3,(H,18,19). The van der Waals surface area contributed by atoms with Crippen molar-refractivity contribution in [2.75, 3.05) is 0 Å². The van der Waals surface area contributed by atoms with E-state index in [1.165, 1.54) is 0 Å². The van der Waals surface area contributed by atoms with Gasteiger partial charge in [-0.1, -0.05) is 28.1 Å². The third-order valence-corrected chi connectivity index (χ3v) is 3.58. The second-order valence-corrected chi connectivity index (χ2v) is 5.04. The highest BCUT2D eigenvalue weighted by Gasteiger charge is 2.10. The van der Waals surface area contributed by atoms with Crippen molar-refractivity contribution in [1.82, 2.24) is 20.2 Å². The van der Waals surface area contributed by atoms with Gasteiger partial charge in [-0.3, -0.25) is 4.79 Å². The summed E-state index contributed by atoms with van der Waals surface area (Å²) < 4.78 is 2.62. The first-order valence-electron chi connectivity index (χ1n) is 5.82. The highest BCUT2D eigenvalue weighted by molar-refractivity contribution is 9.10. The smallest absolute Gasteiger partial charge is 0.303 e. The first-order valence-corrected chi connectivity index (χ1v) is 6.61. The van der Waals surface area contributed by atoms with E-state index in [4.69, 9.17) is 5.11 Å². The van der Waals surface area contributed by atoms with Gasteiger partial charge >= 0.3 is 5.97 Å². The van der Waals surface area contributed by atoms with E-state index in [2.05, 4.69) is 31.5 Å². The number of tetrazole rings is 1. The molecule has 1 aromatic carbocycles. The van der Waals surface area contributed by atoms with E-state index in [0.29, 0.717) is 18.8 Å². The van der Waals surface area contributed by atoms with Gasteiger partial charge in [0.15, 0.2) is 5.82 Å². The van der Waals surface area contributed by atoms with E-state index < -0.39 is 5.97 Å². The summed E-state index contributed by atoms with van der Waals surface area (Å²) >= 11 is 3.47. The zero-order valence-corrected chi connectivity index (χ0v) is 12.0. The maximum Gasteiger partial charge on any atom is 0.303 e. The summed E-state index contributed by atoms with van der Waals surface area (Å²) in [5.74, 6) is -0.168. The Morgan fingerprint density at radius 2 is 2.26 bits per heavy atom. The van der Waals surface area contributed by atoms with Gasteiger partial charge in [0.25, 0.3) is 0 Å². The maximum atomic E-state index is 10.5. The zero-order valence-electron chi connectivity index (χ0n) is 10.4. The molecule has 1 heterocycles. The minimum Gasteiger partial charge on any atom is -0.481 e. The van der Waals surface area contributed by atoms with Crippen LogP contribution in [0.5, 0.6) is 0 Å². The number of aromatic nitrogens is 4. The Morgan fingerprint density at radius 3 is 2.95 bits per heavy atom. The molecule has 0 unspecified atom stereocenters. The van der Waals surface area contributed by atoms with Crippen LogP contribution in [0.4, 0.5) is 0 Å². The lowest BCUT2D eigenvalue weighted by molar-refractivity contribution is -0.137. The summed E-state index contributed by atoms with van der Waals surface area (Å²) in [5.41, 5.74) is 2.03. The molecule has 0 amide bonds. The van der Waals surface area contributed by atoms with Crippen molar-refractivity contribution in [3.63, 3.8) is 0 Å². The number of carboxylic acid groups (broad SMARTS) is 1. The van der Waals surface area contributed by atoms with Crippen molar-refractivity contribution in [1.29, 1.82) is 0 Å². The first-order chi connectivity index (χ1) is 9.08. The molecular weight excluding hydrogens is 312 g/mol. The van der Waals surface area contributed by atoms with Crippen LogP contribution in [0.25, 0.3) is 11.4 Å². The number of carbonyl (C=O) groups is 1. The average Bonchev–Trinajstić information content (AvgIpc) is 2.80. The van der Waals surface area contributed by atoms with Gasteiger partial charge in [-0.25, -0.2) is 4.68 Å². The van der Waals surface area contributed by atoms with E-state index in [9.17, 15) is 4.79 Å². The van der Waals surface area contributed by atoms with Crippen LogP contribution in [0.1, 0.15) is 18.4 Å². The summed E-state index contributed by atoms with van der Waals surface area (Å²) in [6.45, 7) is 2.49. The third-order valence-electron chi connectivity index (χ3n) is 2.72. The fourth-order valence-corrected chi connectivity index (χ4v) is 2.05. The lowest BCUT2D eigenvalue weighted by atomic mass is 10.1. The number of rotatable bonds is 5. The number of hydrogen-bond acceptors (Lipinski definition) is 4. The predicted octanol–water partition coefficient (Wildman–Crippen LogP) is 2.28. The molecule has 0 aliphatic rings. The van der Waals surface area contributed by atoms with Gasteiger partial charge < -0.3 is 5.11 Å². The van der Waals surface area contributed by atoms with Gasteiger partial charge in [-0.05, 0) is 35.4 Å². The van der Waals surface area contributed by atoms with Crippen LogP contribution in [0.2, 0.25) is 0 Å². The van der Waals surface area contributed by atoms with Crippen molar-refractivity contribution in [3.05, 3.63) is 28.2 Å². The highest BCUT2D eigenvalue weighted by atomic mass is 79.9. The fraction of sp³-hybridized carbons (Fsp3) is 0.333. The predicted molar refractivity (Wildman–Crippen MR) is 72.6 cm³/mol. The Bertz CT molecular complexity index is 597. The van der Waals surface area contributed by atoms with Gasteiger partial charge in [0, 0.05) is 23.0 Å². The van der Waals surface area contributed by atoms with Crippen molar-refractivity contribution in [3.8, 4) is 11.4 Å². The molecule has 6 nitrogen and oxygen atoms in total. The van der Waals surface area contributed by atoms with Crippen molar-refractivity contribution in [2.24, 2.45) is 0 Å². The molecule has 0 radical (unpaired) electrons. The molecule has 0 fully saturated rings. The number of carboxylic acids is 1. The molecule has 2 aromatic rings. The largest absolute Gasteiger partial charge is 0.481 e. The Kier molecular flexibility index (Phi) is 4.26. The molecule has 0 bridgehead atoms. The number of aryl methyl sites for hydroxylation is 2. The SMILES string of the molecule is Cc1ccc(-c2nnnn2CCCC(=O)O)cc1Br. The third kappa shape index (κ3) is 3.37. The van der Waals surface area contributed by atoms with Gasteiger partial charge in [0.1, 0.15) is 0 Å². The van der Waals surface area contributed by atoms with Gasteiger partial charge in [-0.15, -0.1) is 5.10 Å². The number of halogens is 1. The van der Waals surface area contributed by atoms with Crippen LogP contribution in [0, 0.1) is 6.92 Å². The summed E-state index contributed by atoms with van der Waals surface area (Å²) in [4.78, 5) is 10.5. The first kappa shape index (κ1) is 13.7. The number of nitrogens with zero attached hydrogens (tertiary/aromatic N) is 4. The van der Waals surface area contributed by atoms with Crippen LogP contribution in [-0.2, 0) is 11.3 Å². The number of hydrogen-bond donors (Lipinski definition) is 1. The van der Waals surface area contributed by atoms with Crippen molar-refractivity contribution >= 4 is 21.9 Å². The zero-order chi connectivity index (χ0) is 13.8. The van der Waals surface area contributed by atoms with Gasteiger partial charge in [0.05, 0.1) is 0 Å². The van der Waals surface area contributed by atoms with Crippen LogP contribution >= 0.6 is 15.9 Å². The molecule has 0 aliphatic carbocycles. The van der Waals surface area contributed by atoms with E-state index in [1.807, 2.05) is 25.1 Å². The van der Waals surface area contributed by atoms with E-state index >= 15 is 0 Å². The van der Waals surface area contributed by atoms with E-state index in [-0.39, 0.29) is 6.42 Å². The second kappa shape index (κ2) is 5.92. The average molecular weight is 325 g/mol. The maximum absolute atomic E-state index is 10.5. The summed E-state index contributed by atoms with van der Waals surface area (Å²) in [7, 11) is 0. The Hall–Kier alpha value is -1.76. The van der Waals surface area contributed by atoms with Crippen LogP contribution in [0.15, 0.2) is 22.7 Å². The lowest BCUT2D eigenvalue weighted by Gasteiger charge is -2.05. The molecule has 7 heteroatoms. The van der Waals surface area contributed by atoms with Gasteiger partial charge in [0.2, 0.25) is 0 Å². The summed E-state index contributed by atoms with van der Waals surface area (Å²) in [6.07, 6.45) is 0.608.